The first-order valence-electron chi connectivity index (χ1n) is 13.0. The third-order valence-electron chi connectivity index (χ3n) is 6.22. The molecule has 0 saturated carbocycles. The van der Waals surface area contributed by atoms with Crippen molar-refractivity contribution in [3.63, 3.8) is 0 Å². The summed E-state index contributed by atoms with van der Waals surface area (Å²) in [6.45, 7) is 7.16. The largest absolute Gasteiger partial charge is 0.459 e. The van der Waals surface area contributed by atoms with Crippen LogP contribution in [0.15, 0.2) is 60.7 Å². The fourth-order valence-corrected chi connectivity index (χ4v) is 4.27. The highest BCUT2D eigenvalue weighted by atomic mass is 16.5. The summed E-state index contributed by atoms with van der Waals surface area (Å²) in [5.74, 6) is -0.570. The monoisotopic (exact) mass is 509 g/mol. The van der Waals surface area contributed by atoms with Crippen LogP contribution in [-0.4, -0.2) is 61.6 Å². The standard InChI is InChI=1S/C29H39N3O5/c1-22(2)19-26(29(35)37-21-23-9-5-3-6-10-23)31-27(33)14-13-25(24-11-7-4-8-12-24)30-28(34)20-32-15-17-36-18-16-32/h3-12,22,25-26H,13-21H2,1-2H3,(H,30,34)(H,31,33)/t25-,26-/m0/s1. The molecule has 3 rings (SSSR count). The molecule has 0 aromatic heterocycles. The lowest BCUT2D eigenvalue weighted by atomic mass is 10.0. The van der Waals surface area contributed by atoms with Crippen LogP contribution in [0.25, 0.3) is 0 Å². The number of ether oxygens (including phenoxy) is 2. The van der Waals surface area contributed by atoms with E-state index in [-0.39, 0.29) is 36.8 Å². The molecule has 0 unspecified atom stereocenters. The first kappa shape index (κ1) is 28.3. The Balaban J connectivity index is 1.55. The van der Waals surface area contributed by atoms with Gasteiger partial charge >= 0.3 is 5.97 Å². The second kappa shape index (κ2) is 15.1. The minimum absolute atomic E-state index is 0.0849. The fourth-order valence-electron chi connectivity index (χ4n) is 4.27. The van der Waals surface area contributed by atoms with Gasteiger partial charge in [-0.15, -0.1) is 0 Å². The Hall–Kier alpha value is -3.23. The highest BCUT2D eigenvalue weighted by Crippen LogP contribution is 2.19. The molecule has 2 aromatic rings. The first-order valence-corrected chi connectivity index (χ1v) is 13.0. The first-order chi connectivity index (χ1) is 17.9. The second-order valence-electron chi connectivity index (χ2n) is 9.80. The van der Waals surface area contributed by atoms with E-state index < -0.39 is 12.0 Å². The van der Waals surface area contributed by atoms with Gasteiger partial charge in [0.1, 0.15) is 12.6 Å². The molecule has 2 N–H and O–H groups in total. The van der Waals surface area contributed by atoms with E-state index in [1.807, 2.05) is 74.5 Å². The van der Waals surface area contributed by atoms with E-state index in [1.54, 1.807) is 0 Å². The maximum absolute atomic E-state index is 12.9. The summed E-state index contributed by atoms with van der Waals surface area (Å²) >= 11 is 0. The van der Waals surface area contributed by atoms with Crippen molar-refractivity contribution < 1.29 is 23.9 Å². The lowest BCUT2D eigenvalue weighted by molar-refractivity contribution is -0.149. The zero-order valence-corrected chi connectivity index (χ0v) is 21.9. The summed E-state index contributed by atoms with van der Waals surface area (Å²) in [5, 5.41) is 5.95. The number of benzene rings is 2. The van der Waals surface area contributed by atoms with Crippen LogP contribution in [0.3, 0.4) is 0 Å². The molecule has 1 heterocycles. The van der Waals surface area contributed by atoms with Gasteiger partial charge in [0.15, 0.2) is 0 Å². The Morgan fingerprint density at radius 3 is 2.22 bits per heavy atom. The fraction of sp³-hybridized carbons (Fsp3) is 0.483. The molecule has 37 heavy (non-hydrogen) atoms. The summed E-state index contributed by atoms with van der Waals surface area (Å²) < 4.78 is 10.8. The van der Waals surface area contributed by atoms with Gasteiger partial charge in [-0.1, -0.05) is 74.5 Å². The smallest absolute Gasteiger partial charge is 0.328 e. The predicted molar refractivity (Wildman–Crippen MR) is 141 cm³/mol. The molecule has 0 bridgehead atoms. The lowest BCUT2D eigenvalue weighted by Gasteiger charge is -2.27. The van der Waals surface area contributed by atoms with E-state index >= 15 is 0 Å². The molecule has 1 aliphatic rings. The van der Waals surface area contributed by atoms with Gasteiger partial charge in [-0.3, -0.25) is 14.5 Å². The number of carbonyl (C=O) groups is 3. The summed E-state index contributed by atoms with van der Waals surface area (Å²) in [6.07, 6.45) is 1.06. The number of morpholine rings is 1. The third kappa shape index (κ3) is 10.3. The van der Waals surface area contributed by atoms with Crippen LogP contribution in [-0.2, 0) is 30.5 Å². The molecule has 2 atom stereocenters. The number of hydrogen-bond acceptors (Lipinski definition) is 6. The van der Waals surface area contributed by atoms with Crippen molar-refractivity contribution in [3.05, 3.63) is 71.8 Å². The van der Waals surface area contributed by atoms with Gasteiger partial charge in [0.05, 0.1) is 25.8 Å². The molecule has 1 fully saturated rings. The molecule has 0 spiro atoms. The number of nitrogens with one attached hydrogen (secondary N) is 2. The summed E-state index contributed by atoms with van der Waals surface area (Å²) in [7, 11) is 0. The van der Waals surface area contributed by atoms with Gasteiger partial charge in [0, 0.05) is 19.5 Å². The van der Waals surface area contributed by atoms with E-state index in [1.165, 1.54) is 0 Å². The van der Waals surface area contributed by atoms with E-state index in [2.05, 4.69) is 15.5 Å². The van der Waals surface area contributed by atoms with Crippen molar-refractivity contribution in [1.82, 2.24) is 15.5 Å². The van der Waals surface area contributed by atoms with Crippen molar-refractivity contribution in [1.29, 1.82) is 0 Å². The van der Waals surface area contributed by atoms with E-state index in [9.17, 15) is 14.4 Å². The molecule has 200 valence electrons. The number of hydrogen-bond donors (Lipinski definition) is 2. The van der Waals surface area contributed by atoms with Crippen LogP contribution >= 0.6 is 0 Å². The van der Waals surface area contributed by atoms with E-state index in [0.717, 1.165) is 24.2 Å². The van der Waals surface area contributed by atoms with E-state index in [0.29, 0.717) is 32.6 Å². The van der Waals surface area contributed by atoms with Crippen molar-refractivity contribution in [2.45, 2.75) is 51.8 Å². The summed E-state index contributed by atoms with van der Waals surface area (Å²) in [4.78, 5) is 40.5. The van der Waals surface area contributed by atoms with Crippen LogP contribution in [0.5, 0.6) is 0 Å². The van der Waals surface area contributed by atoms with Crippen LogP contribution in [0.4, 0.5) is 0 Å². The van der Waals surface area contributed by atoms with Crippen molar-refractivity contribution in [2.75, 3.05) is 32.8 Å². The SMILES string of the molecule is CC(C)C[C@H](NC(=O)CC[C@H](NC(=O)CN1CCOCC1)c1ccccc1)C(=O)OCc1ccccc1. The van der Waals surface area contributed by atoms with Crippen LogP contribution in [0.2, 0.25) is 0 Å². The van der Waals surface area contributed by atoms with Gasteiger partial charge in [0.25, 0.3) is 0 Å². The summed E-state index contributed by atoms with van der Waals surface area (Å²) in [5.41, 5.74) is 1.83. The topological polar surface area (TPSA) is 97.0 Å². The van der Waals surface area contributed by atoms with Crippen molar-refractivity contribution >= 4 is 17.8 Å². The Morgan fingerprint density at radius 1 is 0.919 bits per heavy atom. The quantitative estimate of drug-likeness (QED) is 0.403. The molecular weight excluding hydrogens is 470 g/mol. The number of rotatable bonds is 13. The number of esters is 1. The number of amides is 2. The highest BCUT2D eigenvalue weighted by Gasteiger charge is 2.25. The zero-order valence-electron chi connectivity index (χ0n) is 21.9. The third-order valence-corrected chi connectivity index (χ3v) is 6.22. The van der Waals surface area contributed by atoms with Crippen molar-refractivity contribution in [3.8, 4) is 0 Å². The Kier molecular flexibility index (Phi) is 11.6. The van der Waals surface area contributed by atoms with E-state index in [4.69, 9.17) is 9.47 Å². The predicted octanol–water partition coefficient (Wildman–Crippen LogP) is 3.23. The average Bonchev–Trinajstić information content (AvgIpc) is 2.90. The second-order valence-corrected chi connectivity index (χ2v) is 9.80. The summed E-state index contributed by atoms with van der Waals surface area (Å²) in [6, 6.07) is 18.1. The number of nitrogens with zero attached hydrogens (tertiary/aromatic N) is 1. The molecule has 2 amide bonds. The normalized spacial score (nSPS) is 15.5. The molecular formula is C29H39N3O5. The molecule has 8 heteroatoms. The van der Waals surface area contributed by atoms with Gasteiger partial charge < -0.3 is 20.1 Å². The molecule has 2 aromatic carbocycles. The maximum atomic E-state index is 12.9. The molecule has 1 saturated heterocycles. The van der Waals surface area contributed by atoms with Crippen LogP contribution in [0, 0.1) is 5.92 Å². The Morgan fingerprint density at radius 2 is 1.57 bits per heavy atom. The maximum Gasteiger partial charge on any atom is 0.328 e. The zero-order chi connectivity index (χ0) is 26.5. The van der Waals surface area contributed by atoms with Gasteiger partial charge in [-0.2, -0.15) is 0 Å². The molecule has 8 nitrogen and oxygen atoms in total. The minimum atomic E-state index is -0.720. The van der Waals surface area contributed by atoms with Gasteiger partial charge in [-0.05, 0) is 29.9 Å². The van der Waals surface area contributed by atoms with Crippen LogP contribution < -0.4 is 10.6 Å². The van der Waals surface area contributed by atoms with Crippen LogP contribution in [0.1, 0.15) is 50.3 Å². The Labute approximate surface area is 219 Å². The Bertz CT molecular complexity index is 978. The highest BCUT2D eigenvalue weighted by molar-refractivity contribution is 5.84. The molecule has 0 radical (unpaired) electrons. The molecule has 0 aliphatic carbocycles. The lowest BCUT2D eigenvalue weighted by Crippen LogP contribution is -2.44. The minimum Gasteiger partial charge on any atom is -0.459 e. The van der Waals surface area contributed by atoms with Gasteiger partial charge in [0.2, 0.25) is 11.8 Å². The van der Waals surface area contributed by atoms with Crippen molar-refractivity contribution in [2.24, 2.45) is 5.92 Å². The van der Waals surface area contributed by atoms with Gasteiger partial charge in [-0.25, -0.2) is 4.79 Å². The number of carbonyl (C=O) groups excluding carboxylic acids is 3. The molecule has 1 aliphatic heterocycles. The average molecular weight is 510 g/mol.